The second-order valence-corrected chi connectivity index (χ2v) is 24.5. The van der Waals surface area contributed by atoms with Crippen LogP contribution in [0.5, 0.6) is 0 Å². The lowest BCUT2D eigenvalue weighted by atomic mass is 9.79. The van der Waals surface area contributed by atoms with Crippen molar-refractivity contribution in [1.29, 1.82) is 0 Å². The molecule has 4 fully saturated rings. The third-order valence-electron chi connectivity index (χ3n) is 17.3. The minimum Gasteiger partial charge on any atom is -0.399 e. The maximum atomic E-state index is 6.42. The van der Waals surface area contributed by atoms with Crippen LogP contribution < -0.4 is 31.7 Å². The van der Waals surface area contributed by atoms with E-state index in [1.54, 1.807) is 0 Å². The van der Waals surface area contributed by atoms with Gasteiger partial charge in [0, 0.05) is 34.1 Å². The molecule has 4 saturated heterocycles. The first-order valence-corrected chi connectivity index (χ1v) is 26.2. The van der Waals surface area contributed by atoms with Gasteiger partial charge in [-0.05, 0) is 217 Å². The molecule has 0 spiro atoms. The number of nitrogens with zero attached hydrogens (tertiary/aromatic N) is 2. The van der Waals surface area contributed by atoms with Gasteiger partial charge < -0.3 is 47.0 Å². The van der Waals surface area contributed by atoms with Crippen LogP contribution in [0.3, 0.4) is 0 Å². The Labute approximate surface area is 441 Å². The van der Waals surface area contributed by atoms with Crippen molar-refractivity contribution in [3.05, 3.63) is 146 Å². The lowest BCUT2D eigenvalue weighted by Gasteiger charge is -2.32. The topological polar surface area (TPSA) is 80.3 Å². The van der Waals surface area contributed by atoms with Gasteiger partial charge in [-0.3, -0.25) is 0 Å². The van der Waals surface area contributed by atoms with Crippen molar-refractivity contribution < 1.29 is 37.2 Å². The number of rotatable bonds is 11. The fourth-order valence-corrected chi connectivity index (χ4v) is 9.54. The summed E-state index contributed by atoms with van der Waals surface area (Å²) in [6, 6.07) is 51.4. The summed E-state index contributed by atoms with van der Waals surface area (Å²) >= 11 is 0. The zero-order valence-corrected chi connectivity index (χ0v) is 46.3. The van der Waals surface area contributed by atoms with E-state index in [0.717, 1.165) is 67.1 Å². The van der Waals surface area contributed by atoms with Gasteiger partial charge >= 0.3 is 28.5 Å². The van der Waals surface area contributed by atoms with Crippen LogP contribution in [0.25, 0.3) is 11.1 Å². The normalized spacial score (nSPS) is 21.6. The Hall–Kier alpha value is -5.14. The van der Waals surface area contributed by atoms with Crippen LogP contribution in [-0.4, -0.2) is 73.3 Å². The average Bonchev–Trinajstić information content (AvgIpc) is 3.90. The van der Waals surface area contributed by atoms with Crippen molar-refractivity contribution in [3.63, 3.8) is 0 Å². The molecule has 382 valence electrons. The zero-order chi connectivity index (χ0) is 53.0. The largest absolute Gasteiger partial charge is 0.494 e. The molecule has 10 nitrogen and oxygen atoms in total. The average molecular weight is 992 g/mol. The van der Waals surface area contributed by atoms with E-state index in [4.69, 9.17) is 37.2 Å². The van der Waals surface area contributed by atoms with Crippen LogP contribution in [0.2, 0.25) is 0 Å². The summed E-state index contributed by atoms with van der Waals surface area (Å²) in [5, 5.41) is 0. The summed E-state index contributed by atoms with van der Waals surface area (Å²) < 4.78 is 51.3. The fraction of sp³-hybridized carbons (Fsp3) is 0.400. The molecule has 4 aliphatic rings. The summed E-state index contributed by atoms with van der Waals surface area (Å²) in [5.41, 5.74) is 8.60. The second kappa shape index (κ2) is 18.3. The molecule has 0 N–H and O–H groups in total. The minimum absolute atomic E-state index is 0.436. The lowest BCUT2D eigenvalue weighted by molar-refractivity contribution is 0.00578. The summed E-state index contributed by atoms with van der Waals surface area (Å²) in [4.78, 5) is 4.53. The monoisotopic (exact) mass is 993 g/mol. The number of anilines is 6. The molecule has 14 heteroatoms. The van der Waals surface area contributed by atoms with Crippen molar-refractivity contribution in [2.24, 2.45) is 0 Å². The fourth-order valence-electron chi connectivity index (χ4n) is 9.54. The zero-order valence-electron chi connectivity index (χ0n) is 46.3. The first-order chi connectivity index (χ1) is 34.6. The Morgan fingerprint density at radius 2 is 0.351 bits per heavy atom. The molecule has 4 aliphatic heterocycles. The second-order valence-electron chi connectivity index (χ2n) is 24.5. The first kappa shape index (κ1) is 52.3. The predicted molar refractivity (Wildman–Crippen MR) is 304 cm³/mol. The molecule has 6 aromatic rings. The van der Waals surface area contributed by atoms with Crippen LogP contribution in [0.15, 0.2) is 146 Å². The number of hydrogen-bond acceptors (Lipinski definition) is 10. The third-order valence-corrected chi connectivity index (χ3v) is 17.3. The van der Waals surface area contributed by atoms with Gasteiger partial charge in [-0.1, -0.05) is 72.8 Å². The lowest BCUT2D eigenvalue weighted by Crippen LogP contribution is -2.41. The molecule has 0 bridgehead atoms. The minimum atomic E-state index is -0.458. The van der Waals surface area contributed by atoms with E-state index in [1.807, 2.05) is 0 Å². The highest BCUT2D eigenvalue weighted by Gasteiger charge is 2.55. The van der Waals surface area contributed by atoms with Gasteiger partial charge in [0.15, 0.2) is 0 Å². The summed E-state index contributed by atoms with van der Waals surface area (Å²) in [5.74, 6) is 0. The van der Waals surface area contributed by atoms with Crippen LogP contribution in [0.4, 0.5) is 34.1 Å². The van der Waals surface area contributed by atoms with Crippen molar-refractivity contribution in [2.75, 3.05) is 9.80 Å². The van der Waals surface area contributed by atoms with Crippen LogP contribution in [0, 0.1) is 0 Å². The van der Waals surface area contributed by atoms with E-state index >= 15 is 0 Å². The highest BCUT2D eigenvalue weighted by atomic mass is 16.7. The summed E-state index contributed by atoms with van der Waals surface area (Å²) in [7, 11) is -1.83. The van der Waals surface area contributed by atoms with Crippen molar-refractivity contribution in [2.45, 2.75) is 156 Å². The van der Waals surface area contributed by atoms with Crippen LogP contribution >= 0.6 is 0 Å². The van der Waals surface area contributed by atoms with E-state index < -0.39 is 73.3 Å². The molecule has 10 rings (SSSR count). The Morgan fingerprint density at radius 1 is 0.216 bits per heavy atom. The molecular weight excluding hydrogens is 920 g/mol. The Kier molecular flexibility index (Phi) is 12.9. The van der Waals surface area contributed by atoms with Crippen LogP contribution in [0.1, 0.15) is 111 Å². The van der Waals surface area contributed by atoms with Gasteiger partial charge in [-0.25, -0.2) is 0 Å². The van der Waals surface area contributed by atoms with Gasteiger partial charge in [0.2, 0.25) is 0 Å². The molecule has 0 atom stereocenters. The van der Waals surface area contributed by atoms with Crippen molar-refractivity contribution in [3.8, 4) is 11.1 Å². The smallest absolute Gasteiger partial charge is 0.399 e. The quantitative estimate of drug-likeness (QED) is 0.117. The van der Waals surface area contributed by atoms with E-state index in [9.17, 15) is 0 Å². The molecule has 0 radical (unpaired) electrons. The molecule has 4 heterocycles. The standard InChI is InChI=1S/C60H72B4N2O8/c1-53(2)54(3,4)68-61(67-53)43-21-33-49(34-22-43)65(50-35-23-44(24-36-50)62-69-55(5,6)56(7,8)70-62)47-29-17-41(18-30-47)42-19-31-48(32-20-42)66(51-37-25-45(26-38-51)63-71-57(9,10)58(11,12)72-63)52-39-27-46(28-40-52)64-73-59(13,14)60(15,16)74-64/h17-40H,1-16H3. The SMILES string of the molecule is CC1(C)OB(c2ccc(N(c3ccc(B4OC(C)(C)C(C)(C)O4)cc3)c3ccc(-c4ccc(N(c5ccc(B6OC(C)(C)C(C)(C)O6)cc5)c5ccc(B6OC(C)(C)C(C)(C)O6)cc5)cc4)cc3)cc2)OC1(C)C. The van der Waals surface area contributed by atoms with Gasteiger partial charge in [0.05, 0.1) is 44.8 Å². The van der Waals surface area contributed by atoms with Gasteiger partial charge in [0.25, 0.3) is 0 Å². The predicted octanol–water partition coefficient (Wildman–Crippen LogP) is 11.5. The molecule has 0 unspecified atom stereocenters. The molecule has 74 heavy (non-hydrogen) atoms. The molecule has 0 aromatic heterocycles. The van der Waals surface area contributed by atoms with E-state index in [2.05, 4.69) is 266 Å². The maximum absolute atomic E-state index is 6.42. The summed E-state index contributed by atoms with van der Waals surface area (Å²) in [6.45, 7) is 33.3. The molecule has 0 saturated carbocycles. The van der Waals surface area contributed by atoms with Crippen molar-refractivity contribution in [1.82, 2.24) is 0 Å². The van der Waals surface area contributed by atoms with Crippen LogP contribution in [-0.2, 0) is 37.2 Å². The van der Waals surface area contributed by atoms with E-state index in [-0.39, 0.29) is 0 Å². The summed E-state index contributed by atoms with van der Waals surface area (Å²) in [6.07, 6.45) is 0. The maximum Gasteiger partial charge on any atom is 0.494 e. The van der Waals surface area contributed by atoms with Gasteiger partial charge in [-0.2, -0.15) is 0 Å². The van der Waals surface area contributed by atoms with E-state index in [0.29, 0.717) is 0 Å². The molecular formula is C60H72B4N2O8. The highest BCUT2D eigenvalue weighted by Crippen LogP contribution is 2.43. The highest BCUT2D eigenvalue weighted by molar-refractivity contribution is 6.63. The third kappa shape index (κ3) is 9.48. The van der Waals surface area contributed by atoms with Crippen molar-refractivity contribution >= 4 is 84.4 Å². The number of hydrogen-bond donors (Lipinski definition) is 0. The van der Waals surface area contributed by atoms with Gasteiger partial charge in [-0.15, -0.1) is 0 Å². The molecule has 0 aliphatic carbocycles. The first-order valence-electron chi connectivity index (χ1n) is 26.2. The molecule has 6 aromatic carbocycles. The number of benzene rings is 6. The van der Waals surface area contributed by atoms with E-state index in [1.165, 1.54) is 0 Å². The van der Waals surface area contributed by atoms with Gasteiger partial charge in [0.1, 0.15) is 0 Å². The molecule has 0 amide bonds. The Morgan fingerprint density at radius 3 is 0.500 bits per heavy atom. The Bertz CT molecular complexity index is 2550. The Balaban J connectivity index is 0.943.